The number of nitrogens with one attached hydrogen (secondary N) is 1. The third kappa shape index (κ3) is 2.89. The van der Waals surface area contributed by atoms with E-state index in [9.17, 15) is 9.59 Å². The van der Waals surface area contributed by atoms with Crippen molar-refractivity contribution in [3.63, 3.8) is 0 Å². The number of carboxylic acid groups (broad SMARTS) is 1. The molecular formula is C12H10ClN3O3S. The lowest BCUT2D eigenvalue weighted by Crippen LogP contribution is -2.12. The van der Waals surface area contributed by atoms with E-state index >= 15 is 0 Å². The summed E-state index contributed by atoms with van der Waals surface area (Å²) in [6.07, 6.45) is 0. The number of carboxylic acids is 1. The molecule has 1 amide bonds. The number of hydrogen-bond donors (Lipinski definition) is 3. The lowest BCUT2D eigenvalue weighted by molar-refractivity contribution is 0.0696. The zero-order chi connectivity index (χ0) is 14.9. The van der Waals surface area contributed by atoms with Crippen molar-refractivity contribution in [1.29, 1.82) is 0 Å². The molecule has 20 heavy (non-hydrogen) atoms. The minimum atomic E-state index is -1.10. The predicted molar refractivity (Wildman–Crippen MR) is 77.6 cm³/mol. The van der Waals surface area contributed by atoms with Gasteiger partial charge in [0.1, 0.15) is 4.88 Å². The van der Waals surface area contributed by atoms with E-state index in [0.717, 1.165) is 11.3 Å². The van der Waals surface area contributed by atoms with E-state index in [1.807, 2.05) is 0 Å². The Morgan fingerprint density at radius 3 is 2.70 bits per heavy atom. The van der Waals surface area contributed by atoms with Crippen LogP contribution in [0.2, 0.25) is 5.02 Å². The number of nitrogens with zero attached hydrogens (tertiary/aromatic N) is 1. The Labute approximate surface area is 123 Å². The van der Waals surface area contributed by atoms with Crippen molar-refractivity contribution < 1.29 is 14.7 Å². The molecule has 0 radical (unpaired) electrons. The van der Waals surface area contributed by atoms with E-state index in [1.54, 1.807) is 6.92 Å². The molecule has 1 aromatic heterocycles. The zero-order valence-electron chi connectivity index (χ0n) is 10.3. The Hall–Kier alpha value is -2.12. The monoisotopic (exact) mass is 311 g/mol. The summed E-state index contributed by atoms with van der Waals surface area (Å²) in [5.74, 6) is -1.53. The van der Waals surface area contributed by atoms with Crippen LogP contribution in [0.25, 0.3) is 0 Å². The van der Waals surface area contributed by atoms with Gasteiger partial charge in [0.15, 0.2) is 5.13 Å². The summed E-state index contributed by atoms with van der Waals surface area (Å²) in [6, 6.07) is 4.06. The summed E-state index contributed by atoms with van der Waals surface area (Å²) in [5, 5.41) is 12.0. The van der Waals surface area contributed by atoms with Gasteiger partial charge in [-0.3, -0.25) is 4.79 Å². The fourth-order valence-corrected chi connectivity index (χ4v) is 2.45. The third-order valence-electron chi connectivity index (χ3n) is 2.48. The fourth-order valence-electron chi connectivity index (χ4n) is 1.56. The molecule has 4 N–H and O–H groups in total. The predicted octanol–water partition coefficient (Wildman–Crippen LogP) is 2.64. The quantitative estimate of drug-likeness (QED) is 0.808. The lowest BCUT2D eigenvalue weighted by Gasteiger charge is -2.07. The number of halogens is 1. The Kier molecular flexibility index (Phi) is 3.91. The molecule has 2 rings (SSSR count). The summed E-state index contributed by atoms with van der Waals surface area (Å²) in [4.78, 5) is 27.3. The molecule has 1 aromatic carbocycles. The Morgan fingerprint density at radius 1 is 1.45 bits per heavy atom. The molecule has 0 aliphatic rings. The minimum Gasteiger partial charge on any atom is -0.478 e. The molecule has 1 heterocycles. The Balaban J connectivity index is 2.30. The van der Waals surface area contributed by atoms with E-state index in [0.29, 0.717) is 10.6 Å². The normalized spacial score (nSPS) is 10.3. The van der Waals surface area contributed by atoms with Crippen molar-refractivity contribution >= 4 is 45.6 Å². The number of aromatic carboxylic acids is 1. The van der Waals surface area contributed by atoms with Gasteiger partial charge in [0.25, 0.3) is 5.91 Å². The van der Waals surface area contributed by atoms with E-state index in [2.05, 4.69) is 10.3 Å². The van der Waals surface area contributed by atoms with E-state index in [1.165, 1.54) is 18.2 Å². The fraction of sp³-hybridized carbons (Fsp3) is 0.0833. The van der Waals surface area contributed by atoms with Gasteiger partial charge in [0.2, 0.25) is 0 Å². The highest BCUT2D eigenvalue weighted by Gasteiger charge is 2.16. The smallest absolute Gasteiger partial charge is 0.335 e. The molecule has 0 aliphatic heterocycles. The molecule has 0 saturated carbocycles. The number of benzene rings is 1. The van der Waals surface area contributed by atoms with Gasteiger partial charge < -0.3 is 16.2 Å². The highest BCUT2D eigenvalue weighted by atomic mass is 35.5. The molecule has 104 valence electrons. The maximum absolute atomic E-state index is 12.1. The molecule has 0 spiro atoms. The van der Waals surface area contributed by atoms with Gasteiger partial charge in [-0.2, -0.15) is 0 Å². The molecule has 0 fully saturated rings. The molecule has 0 atom stereocenters. The molecule has 0 unspecified atom stereocenters. The molecule has 2 aromatic rings. The average Bonchev–Trinajstić information content (AvgIpc) is 2.71. The van der Waals surface area contributed by atoms with Crippen molar-refractivity contribution in [3.8, 4) is 0 Å². The number of rotatable bonds is 3. The Morgan fingerprint density at radius 2 is 2.15 bits per heavy atom. The lowest BCUT2D eigenvalue weighted by atomic mass is 10.2. The largest absolute Gasteiger partial charge is 0.478 e. The van der Waals surface area contributed by atoms with Gasteiger partial charge in [-0.15, -0.1) is 0 Å². The first kappa shape index (κ1) is 14.3. The minimum absolute atomic E-state index is 0.0326. The molecule has 8 heteroatoms. The second-order valence-electron chi connectivity index (χ2n) is 3.92. The van der Waals surface area contributed by atoms with E-state index < -0.39 is 11.9 Å². The second-order valence-corrected chi connectivity index (χ2v) is 5.36. The van der Waals surface area contributed by atoms with Gasteiger partial charge in [0, 0.05) is 0 Å². The SMILES string of the molecule is Cc1nc(N)sc1C(=O)Nc1cc(C(=O)O)ccc1Cl. The van der Waals surface area contributed by atoms with Crippen LogP contribution >= 0.6 is 22.9 Å². The van der Waals surface area contributed by atoms with Crippen LogP contribution in [0.1, 0.15) is 25.7 Å². The first-order valence-corrected chi connectivity index (χ1v) is 6.65. The number of aryl methyl sites for hydroxylation is 1. The summed E-state index contributed by atoms with van der Waals surface area (Å²) >= 11 is 6.99. The van der Waals surface area contributed by atoms with Crippen LogP contribution in [0.4, 0.5) is 10.8 Å². The topological polar surface area (TPSA) is 105 Å². The van der Waals surface area contributed by atoms with Crippen molar-refractivity contribution in [2.45, 2.75) is 6.92 Å². The maximum Gasteiger partial charge on any atom is 0.335 e. The molecule has 0 bridgehead atoms. The first-order chi connectivity index (χ1) is 9.38. The molecular weight excluding hydrogens is 302 g/mol. The number of thiazole rings is 1. The molecule has 6 nitrogen and oxygen atoms in total. The number of carbonyl (C=O) groups is 2. The van der Waals surface area contributed by atoms with Crippen molar-refractivity contribution in [2.24, 2.45) is 0 Å². The van der Waals surface area contributed by atoms with Gasteiger partial charge in [-0.1, -0.05) is 22.9 Å². The standard InChI is InChI=1S/C12H10ClN3O3S/c1-5-9(20-12(14)15-5)10(17)16-8-4-6(11(18)19)2-3-7(8)13/h2-4H,1H3,(H2,14,15)(H,16,17)(H,18,19). The summed E-state index contributed by atoms with van der Waals surface area (Å²) < 4.78 is 0. The number of amides is 1. The van der Waals surface area contributed by atoms with Crippen LogP contribution in [0.3, 0.4) is 0 Å². The van der Waals surface area contributed by atoms with Crippen LogP contribution in [0.15, 0.2) is 18.2 Å². The van der Waals surface area contributed by atoms with Crippen molar-refractivity contribution in [3.05, 3.63) is 39.4 Å². The highest BCUT2D eigenvalue weighted by Crippen LogP contribution is 2.26. The second kappa shape index (κ2) is 5.48. The van der Waals surface area contributed by atoms with E-state index in [4.69, 9.17) is 22.4 Å². The maximum atomic E-state index is 12.1. The van der Waals surface area contributed by atoms with Gasteiger partial charge in [-0.25, -0.2) is 9.78 Å². The highest BCUT2D eigenvalue weighted by molar-refractivity contribution is 7.17. The number of anilines is 2. The van der Waals surface area contributed by atoms with Gasteiger partial charge >= 0.3 is 5.97 Å². The number of carbonyl (C=O) groups excluding carboxylic acids is 1. The molecule has 0 saturated heterocycles. The van der Waals surface area contributed by atoms with Crippen molar-refractivity contribution in [2.75, 3.05) is 11.1 Å². The van der Waals surface area contributed by atoms with Gasteiger partial charge in [-0.05, 0) is 25.1 Å². The van der Waals surface area contributed by atoms with Crippen LogP contribution in [-0.4, -0.2) is 22.0 Å². The summed E-state index contributed by atoms with van der Waals surface area (Å²) in [5.41, 5.74) is 6.30. The number of aromatic nitrogens is 1. The average molecular weight is 312 g/mol. The van der Waals surface area contributed by atoms with Crippen LogP contribution in [-0.2, 0) is 0 Å². The Bertz CT molecular complexity index is 699. The summed E-state index contributed by atoms with van der Waals surface area (Å²) in [6.45, 7) is 1.66. The van der Waals surface area contributed by atoms with Crippen LogP contribution in [0, 0.1) is 6.92 Å². The number of hydrogen-bond acceptors (Lipinski definition) is 5. The number of nitrogens with two attached hydrogens (primary N) is 1. The van der Waals surface area contributed by atoms with E-state index in [-0.39, 0.29) is 21.4 Å². The first-order valence-electron chi connectivity index (χ1n) is 5.45. The van der Waals surface area contributed by atoms with Crippen LogP contribution < -0.4 is 11.1 Å². The van der Waals surface area contributed by atoms with Gasteiger partial charge in [0.05, 0.1) is 22.0 Å². The molecule has 0 aliphatic carbocycles. The summed E-state index contributed by atoms with van der Waals surface area (Å²) in [7, 11) is 0. The third-order valence-corrected chi connectivity index (χ3v) is 3.80. The zero-order valence-corrected chi connectivity index (χ0v) is 11.9. The number of nitrogen functional groups attached to an aromatic ring is 1. The van der Waals surface area contributed by atoms with Crippen molar-refractivity contribution in [1.82, 2.24) is 4.98 Å². The van der Waals surface area contributed by atoms with Crippen LogP contribution in [0.5, 0.6) is 0 Å².